The fourth-order valence-corrected chi connectivity index (χ4v) is 4.97. The minimum absolute atomic E-state index is 0.0569. The van der Waals surface area contributed by atoms with E-state index in [1.54, 1.807) is 18.4 Å². The minimum Gasteiger partial charge on any atom is -0.497 e. The summed E-state index contributed by atoms with van der Waals surface area (Å²) in [5.74, 6) is 1.41. The van der Waals surface area contributed by atoms with E-state index in [1.807, 2.05) is 31.3 Å². The molecule has 1 amide bonds. The summed E-state index contributed by atoms with van der Waals surface area (Å²) in [4.78, 5) is 14.9. The Hall–Kier alpha value is -2.36. The van der Waals surface area contributed by atoms with Crippen LogP contribution in [0.3, 0.4) is 0 Å². The Bertz CT molecular complexity index is 869. The number of carbonyl (C=O) groups is 1. The third-order valence-electron chi connectivity index (χ3n) is 4.98. The average molecular weight is 385 g/mol. The number of hydrogen-bond acceptors (Lipinski definition) is 4. The molecule has 5 nitrogen and oxygen atoms in total. The molecule has 6 heteroatoms. The van der Waals surface area contributed by atoms with Crippen LogP contribution in [0, 0.1) is 17.2 Å². The van der Waals surface area contributed by atoms with Crippen molar-refractivity contribution in [3.05, 3.63) is 45.8 Å². The molecule has 0 radical (unpaired) electrons. The summed E-state index contributed by atoms with van der Waals surface area (Å²) in [5.41, 5.74) is 2.94. The highest BCUT2D eigenvalue weighted by molar-refractivity contribution is 7.16. The summed E-state index contributed by atoms with van der Waals surface area (Å²) in [7, 11) is 3.64. The van der Waals surface area contributed by atoms with Crippen LogP contribution in [0.25, 0.3) is 0 Å². The standard InChI is InChI=1S/C21H25N3O2S/c1-14-7-8-17-18(11-22)21(27-19(17)9-14)23-20(25)13-24(2)12-15-5-4-6-16(10-15)26-3/h4-6,10,14H,7-9,12-13H2,1-3H3,(H,23,25)/p+1/t14-/m0/s1. The summed E-state index contributed by atoms with van der Waals surface area (Å²) in [6.45, 7) is 3.32. The van der Waals surface area contributed by atoms with E-state index in [4.69, 9.17) is 4.74 Å². The van der Waals surface area contributed by atoms with Crippen LogP contribution in [0.4, 0.5) is 5.00 Å². The molecule has 27 heavy (non-hydrogen) atoms. The molecule has 0 fully saturated rings. The van der Waals surface area contributed by atoms with Gasteiger partial charge in [0.05, 0.1) is 19.7 Å². The maximum absolute atomic E-state index is 12.5. The van der Waals surface area contributed by atoms with Gasteiger partial charge in [-0.2, -0.15) is 5.26 Å². The van der Waals surface area contributed by atoms with Gasteiger partial charge in [0, 0.05) is 10.4 Å². The Balaban J connectivity index is 1.63. The lowest BCUT2D eigenvalue weighted by molar-refractivity contribution is -0.885. The maximum atomic E-state index is 12.5. The van der Waals surface area contributed by atoms with Crippen molar-refractivity contribution in [3.63, 3.8) is 0 Å². The van der Waals surface area contributed by atoms with E-state index in [-0.39, 0.29) is 5.91 Å². The molecular formula is C21H26N3O2S+. The van der Waals surface area contributed by atoms with E-state index in [9.17, 15) is 10.1 Å². The summed E-state index contributed by atoms with van der Waals surface area (Å²) in [6.07, 6.45) is 3.05. The Morgan fingerprint density at radius 2 is 2.30 bits per heavy atom. The third kappa shape index (κ3) is 4.68. The van der Waals surface area contributed by atoms with Crippen LogP contribution in [0.2, 0.25) is 0 Å². The highest BCUT2D eigenvalue weighted by Gasteiger charge is 2.25. The van der Waals surface area contributed by atoms with Gasteiger partial charge < -0.3 is 15.0 Å². The smallest absolute Gasteiger partial charge is 0.280 e. The Morgan fingerprint density at radius 3 is 3.04 bits per heavy atom. The lowest BCUT2D eigenvalue weighted by Gasteiger charge is -2.17. The molecule has 1 aliphatic rings. The first kappa shape index (κ1) is 19.4. The number of nitrogens with one attached hydrogen (secondary N) is 2. The molecule has 1 aliphatic carbocycles. The topological polar surface area (TPSA) is 66.6 Å². The van der Waals surface area contributed by atoms with Crippen LogP contribution >= 0.6 is 11.3 Å². The highest BCUT2D eigenvalue weighted by Crippen LogP contribution is 2.39. The Kier molecular flexibility index (Phi) is 6.15. The lowest BCUT2D eigenvalue weighted by atomic mass is 9.89. The van der Waals surface area contributed by atoms with Crippen molar-refractivity contribution in [1.29, 1.82) is 5.26 Å². The zero-order chi connectivity index (χ0) is 19.4. The quantitative estimate of drug-likeness (QED) is 0.804. The molecule has 0 saturated carbocycles. The predicted molar refractivity (Wildman–Crippen MR) is 107 cm³/mol. The van der Waals surface area contributed by atoms with Crippen LogP contribution in [0.5, 0.6) is 5.75 Å². The SMILES string of the molecule is COc1cccc(C[NH+](C)CC(=O)Nc2sc3c(c2C#N)CC[C@H](C)C3)c1. The van der Waals surface area contributed by atoms with Crippen molar-refractivity contribution < 1.29 is 14.4 Å². The van der Waals surface area contributed by atoms with Gasteiger partial charge in [-0.3, -0.25) is 4.79 Å². The highest BCUT2D eigenvalue weighted by atomic mass is 32.1. The first-order valence-electron chi connectivity index (χ1n) is 9.28. The van der Waals surface area contributed by atoms with Crippen LogP contribution < -0.4 is 15.0 Å². The van der Waals surface area contributed by atoms with Gasteiger partial charge in [-0.1, -0.05) is 19.1 Å². The number of ether oxygens (including phenoxy) is 1. The number of likely N-dealkylation sites (N-methyl/N-ethyl adjacent to an activating group) is 1. The van der Waals surface area contributed by atoms with E-state index >= 15 is 0 Å². The number of benzene rings is 1. The van der Waals surface area contributed by atoms with Gasteiger partial charge in [-0.15, -0.1) is 11.3 Å². The van der Waals surface area contributed by atoms with Crippen LogP contribution in [-0.2, 0) is 24.2 Å². The second kappa shape index (κ2) is 8.55. The third-order valence-corrected chi connectivity index (χ3v) is 6.15. The van der Waals surface area contributed by atoms with E-state index in [2.05, 4.69) is 18.3 Å². The van der Waals surface area contributed by atoms with E-state index in [1.165, 1.54) is 4.88 Å². The predicted octanol–water partition coefficient (Wildman–Crippen LogP) is 2.41. The second-order valence-corrected chi connectivity index (χ2v) is 8.48. The molecule has 0 saturated heterocycles. The fourth-order valence-electron chi connectivity index (χ4n) is 3.60. The number of quaternary nitrogens is 1. The lowest BCUT2D eigenvalue weighted by Crippen LogP contribution is -3.08. The average Bonchev–Trinajstić information content (AvgIpc) is 2.97. The van der Waals surface area contributed by atoms with Gasteiger partial charge in [-0.05, 0) is 42.9 Å². The van der Waals surface area contributed by atoms with Gasteiger partial charge in [0.1, 0.15) is 23.4 Å². The molecule has 2 atom stereocenters. The van der Waals surface area contributed by atoms with Crippen LogP contribution in [0.15, 0.2) is 24.3 Å². The number of nitrogens with zero attached hydrogens (tertiary/aromatic N) is 1. The van der Waals surface area contributed by atoms with Gasteiger partial charge in [0.15, 0.2) is 6.54 Å². The van der Waals surface area contributed by atoms with Crippen molar-refractivity contribution in [2.75, 3.05) is 26.0 Å². The van der Waals surface area contributed by atoms with Gasteiger partial charge >= 0.3 is 0 Å². The van der Waals surface area contributed by atoms with Gasteiger partial charge in [0.2, 0.25) is 0 Å². The fraction of sp³-hybridized carbons (Fsp3) is 0.429. The molecule has 2 aromatic rings. The molecule has 1 unspecified atom stereocenters. The molecule has 0 spiro atoms. The molecular weight excluding hydrogens is 358 g/mol. The van der Waals surface area contributed by atoms with Crippen molar-refractivity contribution in [1.82, 2.24) is 0 Å². The first-order valence-corrected chi connectivity index (χ1v) is 10.1. The van der Waals surface area contributed by atoms with Crippen molar-refractivity contribution in [3.8, 4) is 11.8 Å². The molecule has 1 aromatic carbocycles. The normalized spacial score (nSPS) is 16.9. The summed E-state index contributed by atoms with van der Waals surface area (Å²) in [5, 5.41) is 13.3. The van der Waals surface area contributed by atoms with E-state index < -0.39 is 0 Å². The van der Waals surface area contributed by atoms with Crippen molar-refractivity contribution in [2.24, 2.45) is 5.92 Å². The van der Waals surface area contributed by atoms with Crippen LogP contribution in [-0.4, -0.2) is 26.6 Å². The number of thiophene rings is 1. The number of methoxy groups -OCH3 is 1. The van der Waals surface area contributed by atoms with E-state index in [0.29, 0.717) is 18.0 Å². The van der Waals surface area contributed by atoms with Crippen molar-refractivity contribution in [2.45, 2.75) is 32.7 Å². The number of nitriles is 1. The molecule has 142 valence electrons. The molecule has 1 aromatic heterocycles. The number of anilines is 1. The number of rotatable bonds is 6. The second-order valence-electron chi connectivity index (χ2n) is 7.38. The molecule has 2 N–H and O–H groups in total. The summed E-state index contributed by atoms with van der Waals surface area (Å²) < 4.78 is 5.25. The number of carbonyl (C=O) groups excluding carboxylic acids is 1. The summed E-state index contributed by atoms with van der Waals surface area (Å²) >= 11 is 1.57. The van der Waals surface area contributed by atoms with Gasteiger partial charge in [-0.25, -0.2) is 0 Å². The van der Waals surface area contributed by atoms with Crippen molar-refractivity contribution >= 4 is 22.2 Å². The molecule has 1 heterocycles. The maximum Gasteiger partial charge on any atom is 0.280 e. The Morgan fingerprint density at radius 1 is 1.48 bits per heavy atom. The summed E-state index contributed by atoms with van der Waals surface area (Å²) in [6, 6.07) is 10.2. The zero-order valence-corrected chi connectivity index (χ0v) is 16.9. The number of hydrogen-bond donors (Lipinski definition) is 2. The largest absolute Gasteiger partial charge is 0.497 e. The molecule has 3 rings (SSSR count). The van der Waals surface area contributed by atoms with Gasteiger partial charge in [0.25, 0.3) is 5.91 Å². The molecule has 0 aliphatic heterocycles. The number of fused-ring (bicyclic) bond motifs is 1. The minimum atomic E-state index is -0.0569. The van der Waals surface area contributed by atoms with E-state index in [0.717, 1.165) is 52.6 Å². The Labute approximate surface area is 164 Å². The molecule has 0 bridgehead atoms. The van der Waals surface area contributed by atoms with Crippen LogP contribution in [0.1, 0.15) is 34.9 Å². The monoisotopic (exact) mass is 384 g/mol. The first-order chi connectivity index (χ1) is 13.0. The zero-order valence-electron chi connectivity index (χ0n) is 16.1. The number of amides is 1.